The second-order valence-electron chi connectivity index (χ2n) is 7.22. The van der Waals surface area contributed by atoms with Gasteiger partial charge in [-0.3, -0.25) is 0 Å². The number of nitrogens with one attached hydrogen (secondary N) is 1. The monoisotopic (exact) mass is 297 g/mol. The van der Waals surface area contributed by atoms with Crippen molar-refractivity contribution in [3.63, 3.8) is 0 Å². The van der Waals surface area contributed by atoms with Crippen molar-refractivity contribution in [3.05, 3.63) is 34.6 Å². The Morgan fingerprint density at radius 1 is 1.25 bits per heavy atom. The van der Waals surface area contributed by atoms with Crippen LogP contribution in [0.3, 0.4) is 0 Å². The van der Waals surface area contributed by atoms with E-state index in [9.17, 15) is 4.39 Å². The molecule has 1 aliphatic carbocycles. The maximum Gasteiger partial charge on any atom is 0.126 e. The van der Waals surface area contributed by atoms with Crippen molar-refractivity contribution in [2.24, 2.45) is 5.41 Å². The average Bonchev–Trinajstić information content (AvgIpc) is 2.80. The Morgan fingerprint density at radius 3 is 2.50 bits per heavy atom. The second kappa shape index (κ2) is 6.03. The molecule has 1 aliphatic rings. The van der Waals surface area contributed by atoms with Gasteiger partial charge in [0.1, 0.15) is 5.82 Å². The van der Waals surface area contributed by atoms with E-state index in [0.29, 0.717) is 5.02 Å². The molecule has 1 saturated carbocycles. The molecule has 1 fully saturated rings. The molecule has 0 aromatic heterocycles. The molecule has 0 heterocycles. The summed E-state index contributed by atoms with van der Waals surface area (Å²) in [7, 11) is 0. The molecule has 1 aromatic carbocycles. The zero-order valence-electron chi connectivity index (χ0n) is 12.7. The third kappa shape index (κ3) is 4.20. The van der Waals surface area contributed by atoms with Gasteiger partial charge >= 0.3 is 0 Å². The molecule has 0 spiro atoms. The summed E-state index contributed by atoms with van der Waals surface area (Å²) < 4.78 is 14.0. The van der Waals surface area contributed by atoms with Crippen LogP contribution in [0.5, 0.6) is 0 Å². The lowest BCUT2D eigenvalue weighted by atomic mass is 9.79. The van der Waals surface area contributed by atoms with Gasteiger partial charge in [-0.05, 0) is 69.2 Å². The van der Waals surface area contributed by atoms with Gasteiger partial charge in [-0.1, -0.05) is 24.4 Å². The third-order valence-corrected chi connectivity index (χ3v) is 4.47. The molecule has 20 heavy (non-hydrogen) atoms. The van der Waals surface area contributed by atoms with E-state index >= 15 is 0 Å². The predicted molar refractivity (Wildman–Crippen MR) is 83.8 cm³/mol. The number of halogens is 2. The van der Waals surface area contributed by atoms with Gasteiger partial charge in [0.25, 0.3) is 0 Å². The minimum absolute atomic E-state index is 0.0997. The number of rotatable bonds is 4. The first-order valence-corrected chi connectivity index (χ1v) is 7.87. The van der Waals surface area contributed by atoms with Crippen molar-refractivity contribution in [1.29, 1.82) is 0 Å². The fourth-order valence-electron chi connectivity index (χ4n) is 3.08. The molecule has 0 atom stereocenters. The zero-order chi connectivity index (χ0) is 14.8. The van der Waals surface area contributed by atoms with E-state index in [4.69, 9.17) is 11.6 Å². The Labute approximate surface area is 126 Å². The topological polar surface area (TPSA) is 12.0 Å². The van der Waals surface area contributed by atoms with Gasteiger partial charge in [0.2, 0.25) is 0 Å². The van der Waals surface area contributed by atoms with E-state index in [2.05, 4.69) is 26.1 Å². The normalized spacial score (nSPS) is 18.4. The third-order valence-electron chi connectivity index (χ3n) is 4.23. The van der Waals surface area contributed by atoms with Crippen LogP contribution in [0.2, 0.25) is 5.02 Å². The smallest absolute Gasteiger partial charge is 0.126 e. The van der Waals surface area contributed by atoms with Crippen molar-refractivity contribution in [3.8, 4) is 0 Å². The molecule has 0 radical (unpaired) electrons. The Morgan fingerprint density at radius 2 is 1.90 bits per heavy atom. The Bertz CT molecular complexity index is 459. The van der Waals surface area contributed by atoms with Crippen LogP contribution < -0.4 is 5.32 Å². The largest absolute Gasteiger partial charge is 0.312 e. The molecular formula is C17H25ClFN. The van der Waals surface area contributed by atoms with Crippen molar-refractivity contribution in [1.82, 2.24) is 5.32 Å². The van der Waals surface area contributed by atoms with Gasteiger partial charge in [-0.25, -0.2) is 4.39 Å². The fraction of sp³-hybridized carbons (Fsp3) is 0.647. The highest BCUT2D eigenvalue weighted by molar-refractivity contribution is 6.30. The van der Waals surface area contributed by atoms with Crippen LogP contribution in [0.15, 0.2) is 18.2 Å². The minimum Gasteiger partial charge on any atom is -0.312 e. The summed E-state index contributed by atoms with van der Waals surface area (Å²) in [5.74, 6) is -0.128. The van der Waals surface area contributed by atoms with Crippen molar-refractivity contribution >= 4 is 11.6 Å². The van der Waals surface area contributed by atoms with Crippen LogP contribution in [-0.2, 0) is 6.42 Å². The van der Waals surface area contributed by atoms with Gasteiger partial charge in [-0.2, -0.15) is 0 Å². The number of hydrogen-bond donors (Lipinski definition) is 1. The van der Waals surface area contributed by atoms with Crippen LogP contribution in [0.4, 0.5) is 4.39 Å². The second-order valence-corrected chi connectivity index (χ2v) is 7.66. The van der Waals surface area contributed by atoms with Crippen LogP contribution in [0, 0.1) is 11.2 Å². The quantitative estimate of drug-likeness (QED) is 0.827. The molecule has 0 aliphatic heterocycles. The summed E-state index contributed by atoms with van der Waals surface area (Å²) in [6.07, 6.45) is 5.61. The molecule has 3 heteroatoms. The van der Waals surface area contributed by atoms with Crippen molar-refractivity contribution in [2.45, 2.75) is 58.4 Å². The van der Waals surface area contributed by atoms with Gasteiger partial charge in [-0.15, -0.1) is 0 Å². The first kappa shape index (κ1) is 15.8. The predicted octanol–water partition coefficient (Wildman–Crippen LogP) is 4.97. The minimum atomic E-state index is -0.128. The first-order valence-electron chi connectivity index (χ1n) is 7.49. The molecular weight excluding hydrogens is 273 g/mol. The summed E-state index contributed by atoms with van der Waals surface area (Å²) in [6.45, 7) is 7.48. The summed E-state index contributed by atoms with van der Waals surface area (Å²) in [5, 5.41) is 4.23. The Balaban J connectivity index is 2.14. The standard InChI is InChI=1S/C17H25ClFN/c1-16(2,3)20-12-17(8-4-5-9-17)11-13-10-14(18)6-7-15(13)19/h6-7,10,20H,4-5,8-9,11-12H2,1-3H3. The summed E-state index contributed by atoms with van der Waals surface area (Å²) >= 11 is 6.02. The van der Waals surface area contributed by atoms with Crippen LogP contribution >= 0.6 is 11.6 Å². The fourth-order valence-corrected chi connectivity index (χ4v) is 3.27. The lowest BCUT2D eigenvalue weighted by Gasteiger charge is -2.34. The zero-order valence-corrected chi connectivity index (χ0v) is 13.5. The Kier molecular flexibility index (Phi) is 4.76. The molecule has 112 valence electrons. The molecule has 1 N–H and O–H groups in total. The molecule has 2 rings (SSSR count). The summed E-state index contributed by atoms with van der Waals surface area (Å²) in [4.78, 5) is 0. The van der Waals surface area contributed by atoms with Crippen molar-refractivity contribution in [2.75, 3.05) is 6.54 Å². The maximum atomic E-state index is 14.0. The SMILES string of the molecule is CC(C)(C)NCC1(Cc2cc(Cl)ccc2F)CCCC1. The highest BCUT2D eigenvalue weighted by atomic mass is 35.5. The highest BCUT2D eigenvalue weighted by Crippen LogP contribution is 2.41. The van der Waals surface area contributed by atoms with E-state index in [0.717, 1.165) is 18.5 Å². The Hall–Kier alpha value is -0.600. The van der Waals surface area contributed by atoms with Gasteiger partial charge in [0.05, 0.1) is 0 Å². The molecule has 0 amide bonds. The van der Waals surface area contributed by atoms with Gasteiger partial charge in [0, 0.05) is 17.1 Å². The van der Waals surface area contributed by atoms with E-state index < -0.39 is 0 Å². The number of benzene rings is 1. The average molecular weight is 298 g/mol. The van der Waals surface area contributed by atoms with E-state index in [1.807, 2.05) is 0 Å². The van der Waals surface area contributed by atoms with E-state index in [1.54, 1.807) is 12.1 Å². The van der Waals surface area contributed by atoms with Gasteiger partial charge in [0.15, 0.2) is 0 Å². The molecule has 1 aromatic rings. The molecule has 0 unspecified atom stereocenters. The molecule has 0 bridgehead atoms. The van der Waals surface area contributed by atoms with Crippen LogP contribution in [-0.4, -0.2) is 12.1 Å². The van der Waals surface area contributed by atoms with Crippen molar-refractivity contribution < 1.29 is 4.39 Å². The highest BCUT2D eigenvalue weighted by Gasteiger charge is 2.35. The molecule has 1 nitrogen and oxygen atoms in total. The summed E-state index contributed by atoms with van der Waals surface area (Å²) in [5.41, 5.74) is 1.04. The molecule has 0 saturated heterocycles. The van der Waals surface area contributed by atoms with Crippen LogP contribution in [0.25, 0.3) is 0 Å². The van der Waals surface area contributed by atoms with Crippen LogP contribution in [0.1, 0.15) is 52.0 Å². The first-order chi connectivity index (χ1) is 9.30. The maximum absolute atomic E-state index is 14.0. The van der Waals surface area contributed by atoms with E-state index in [-0.39, 0.29) is 16.8 Å². The number of hydrogen-bond acceptors (Lipinski definition) is 1. The van der Waals surface area contributed by atoms with E-state index in [1.165, 1.54) is 31.7 Å². The lowest BCUT2D eigenvalue weighted by molar-refractivity contribution is 0.242. The lowest BCUT2D eigenvalue weighted by Crippen LogP contribution is -2.44. The summed E-state index contributed by atoms with van der Waals surface area (Å²) in [6, 6.07) is 4.89. The van der Waals surface area contributed by atoms with Gasteiger partial charge < -0.3 is 5.32 Å².